The van der Waals surface area contributed by atoms with Gasteiger partial charge in [0.15, 0.2) is 0 Å². The molecule has 0 spiro atoms. The van der Waals surface area contributed by atoms with Crippen LogP contribution < -0.4 is 4.74 Å². The Morgan fingerprint density at radius 2 is 2.07 bits per heavy atom. The number of benzene rings is 2. The Morgan fingerprint density at radius 1 is 1.18 bits per heavy atom. The van der Waals surface area contributed by atoms with Crippen LogP contribution in [0.5, 0.6) is 5.75 Å². The van der Waals surface area contributed by atoms with Crippen molar-refractivity contribution >= 4 is 16.8 Å². The van der Waals surface area contributed by atoms with Crippen LogP contribution in [-0.2, 0) is 6.54 Å². The van der Waals surface area contributed by atoms with Crippen molar-refractivity contribution in [2.24, 2.45) is 0 Å². The third kappa shape index (κ3) is 2.74. The molecular weight excluding hydrogens is 352 g/mol. The minimum absolute atomic E-state index is 0.00146. The van der Waals surface area contributed by atoms with Crippen molar-refractivity contribution in [2.45, 2.75) is 12.5 Å². The molecule has 2 N–H and O–H groups in total. The van der Waals surface area contributed by atoms with Gasteiger partial charge in [-0.3, -0.25) is 4.79 Å². The predicted molar refractivity (Wildman–Crippen MR) is 106 cm³/mol. The SMILES string of the molecule is COc1cccc(C2CN(C(=O)c3cc4ccccc4[nH]3)Cc3[nH]cnc32)c1. The molecule has 0 saturated carbocycles. The molecule has 2 aromatic heterocycles. The molecule has 0 bridgehead atoms. The standard InChI is InChI=1S/C22H20N4O2/c1-28-16-7-4-6-14(9-16)17-11-26(12-20-21(17)24-13-23-20)22(27)19-10-15-5-2-3-8-18(15)25-19/h2-10,13,17,25H,11-12H2,1H3,(H,23,24). The number of imidazole rings is 1. The highest BCUT2D eigenvalue weighted by atomic mass is 16.5. The van der Waals surface area contributed by atoms with Gasteiger partial charge in [-0.2, -0.15) is 0 Å². The first-order valence-corrected chi connectivity index (χ1v) is 9.26. The Morgan fingerprint density at radius 3 is 2.93 bits per heavy atom. The van der Waals surface area contributed by atoms with Gasteiger partial charge in [-0.25, -0.2) is 4.98 Å². The highest BCUT2D eigenvalue weighted by Crippen LogP contribution is 2.33. The number of aromatic amines is 2. The van der Waals surface area contributed by atoms with Gasteiger partial charge in [0.2, 0.25) is 0 Å². The molecule has 1 amide bonds. The quantitative estimate of drug-likeness (QED) is 0.576. The molecule has 4 aromatic rings. The molecule has 1 unspecified atom stereocenters. The van der Waals surface area contributed by atoms with E-state index in [4.69, 9.17) is 4.74 Å². The molecule has 6 heteroatoms. The number of ether oxygens (including phenoxy) is 1. The minimum atomic E-state index is -0.00986. The molecule has 6 nitrogen and oxygen atoms in total. The molecule has 140 valence electrons. The first kappa shape index (κ1) is 16.6. The summed E-state index contributed by atoms with van der Waals surface area (Å²) in [5.74, 6) is 0.788. The molecule has 0 aliphatic carbocycles. The maximum atomic E-state index is 13.2. The summed E-state index contributed by atoms with van der Waals surface area (Å²) in [6.45, 7) is 1.09. The molecule has 1 aliphatic rings. The zero-order valence-electron chi connectivity index (χ0n) is 15.5. The second-order valence-electron chi connectivity index (χ2n) is 7.05. The van der Waals surface area contributed by atoms with E-state index in [1.807, 2.05) is 53.4 Å². The summed E-state index contributed by atoms with van der Waals surface area (Å²) in [6, 6.07) is 17.8. The Hall–Kier alpha value is -3.54. The summed E-state index contributed by atoms with van der Waals surface area (Å²) in [5.41, 5.74) is 4.63. The highest BCUT2D eigenvalue weighted by Gasteiger charge is 2.32. The first-order chi connectivity index (χ1) is 13.7. The summed E-state index contributed by atoms with van der Waals surface area (Å²) >= 11 is 0. The monoisotopic (exact) mass is 372 g/mol. The Balaban J connectivity index is 1.50. The number of aromatic nitrogens is 3. The van der Waals surface area contributed by atoms with E-state index in [-0.39, 0.29) is 11.8 Å². The summed E-state index contributed by atoms with van der Waals surface area (Å²) in [4.78, 5) is 26.1. The maximum Gasteiger partial charge on any atom is 0.270 e. The number of fused-ring (bicyclic) bond motifs is 2. The molecular formula is C22H20N4O2. The van der Waals surface area contributed by atoms with Crippen LogP contribution in [0.15, 0.2) is 60.9 Å². The van der Waals surface area contributed by atoms with Gasteiger partial charge in [-0.05, 0) is 29.8 Å². The van der Waals surface area contributed by atoms with Crippen LogP contribution >= 0.6 is 0 Å². The number of hydrogen-bond donors (Lipinski definition) is 2. The molecule has 28 heavy (non-hydrogen) atoms. The minimum Gasteiger partial charge on any atom is -0.497 e. The smallest absolute Gasteiger partial charge is 0.270 e. The van der Waals surface area contributed by atoms with Crippen molar-refractivity contribution in [1.29, 1.82) is 0 Å². The number of methoxy groups -OCH3 is 1. The lowest BCUT2D eigenvalue weighted by Crippen LogP contribution is -2.38. The molecule has 0 saturated heterocycles. The Labute approximate surface area is 162 Å². The van der Waals surface area contributed by atoms with Crippen molar-refractivity contribution in [2.75, 3.05) is 13.7 Å². The van der Waals surface area contributed by atoms with Gasteiger partial charge < -0.3 is 19.6 Å². The lowest BCUT2D eigenvalue weighted by Gasteiger charge is -2.32. The Bertz CT molecular complexity index is 1130. The average molecular weight is 372 g/mol. The van der Waals surface area contributed by atoms with Crippen LogP contribution in [0.2, 0.25) is 0 Å². The van der Waals surface area contributed by atoms with Crippen LogP contribution in [0.1, 0.15) is 33.4 Å². The summed E-state index contributed by atoms with van der Waals surface area (Å²) in [7, 11) is 1.66. The number of hydrogen-bond acceptors (Lipinski definition) is 3. The van der Waals surface area contributed by atoms with Crippen LogP contribution in [0.3, 0.4) is 0 Å². The van der Waals surface area contributed by atoms with Gasteiger partial charge >= 0.3 is 0 Å². The van der Waals surface area contributed by atoms with E-state index < -0.39 is 0 Å². The molecule has 0 fully saturated rings. The van der Waals surface area contributed by atoms with E-state index in [0.717, 1.165) is 33.6 Å². The zero-order chi connectivity index (χ0) is 19.1. The molecule has 3 heterocycles. The van der Waals surface area contributed by atoms with E-state index in [9.17, 15) is 4.79 Å². The third-order valence-electron chi connectivity index (χ3n) is 5.38. The first-order valence-electron chi connectivity index (χ1n) is 9.26. The number of H-pyrrole nitrogens is 2. The maximum absolute atomic E-state index is 13.2. The molecule has 1 atom stereocenters. The lowest BCUT2D eigenvalue weighted by molar-refractivity contribution is 0.0717. The number of para-hydroxylation sites is 1. The van der Waals surface area contributed by atoms with Gasteiger partial charge in [-0.15, -0.1) is 0 Å². The third-order valence-corrected chi connectivity index (χ3v) is 5.38. The van der Waals surface area contributed by atoms with Crippen molar-refractivity contribution in [3.05, 3.63) is 83.6 Å². The normalized spacial score (nSPS) is 16.2. The highest BCUT2D eigenvalue weighted by molar-refractivity contribution is 5.98. The van der Waals surface area contributed by atoms with Crippen molar-refractivity contribution < 1.29 is 9.53 Å². The van der Waals surface area contributed by atoms with E-state index in [2.05, 4.69) is 21.0 Å². The van der Waals surface area contributed by atoms with Crippen LogP contribution in [0.4, 0.5) is 0 Å². The van der Waals surface area contributed by atoms with E-state index in [0.29, 0.717) is 18.8 Å². The van der Waals surface area contributed by atoms with Gasteiger partial charge in [0, 0.05) is 23.4 Å². The van der Waals surface area contributed by atoms with E-state index in [1.54, 1.807) is 13.4 Å². The summed E-state index contributed by atoms with van der Waals surface area (Å²) < 4.78 is 5.38. The molecule has 0 radical (unpaired) electrons. The Kier molecular flexibility index (Phi) is 3.90. The van der Waals surface area contributed by atoms with Gasteiger partial charge in [0.1, 0.15) is 11.4 Å². The fraction of sp³-hybridized carbons (Fsp3) is 0.182. The second kappa shape index (κ2) is 6.56. The van der Waals surface area contributed by atoms with Crippen molar-refractivity contribution in [1.82, 2.24) is 19.9 Å². The zero-order valence-corrected chi connectivity index (χ0v) is 15.5. The average Bonchev–Trinajstić information content (AvgIpc) is 3.39. The van der Waals surface area contributed by atoms with Crippen molar-refractivity contribution in [3.63, 3.8) is 0 Å². The van der Waals surface area contributed by atoms with Crippen LogP contribution in [-0.4, -0.2) is 39.4 Å². The van der Waals surface area contributed by atoms with E-state index in [1.165, 1.54) is 0 Å². The number of nitrogens with one attached hydrogen (secondary N) is 2. The molecule has 2 aromatic carbocycles. The topological polar surface area (TPSA) is 74.0 Å². The van der Waals surface area contributed by atoms with E-state index >= 15 is 0 Å². The van der Waals surface area contributed by atoms with Crippen molar-refractivity contribution in [3.8, 4) is 5.75 Å². The number of rotatable bonds is 3. The van der Waals surface area contributed by atoms with Gasteiger partial charge in [-0.1, -0.05) is 30.3 Å². The largest absolute Gasteiger partial charge is 0.497 e. The summed E-state index contributed by atoms with van der Waals surface area (Å²) in [6.07, 6.45) is 1.70. The number of carbonyl (C=O) groups excluding carboxylic acids is 1. The van der Waals surface area contributed by atoms with Crippen LogP contribution in [0, 0.1) is 0 Å². The molecule has 5 rings (SSSR count). The van der Waals surface area contributed by atoms with Gasteiger partial charge in [0.25, 0.3) is 5.91 Å². The van der Waals surface area contributed by atoms with Crippen LogP contribution in [0.25, 0.3) is 10.9 Å². The number of amides is 1. The fourth-order valence-electron chi connectivity index (χ4n) is 3.96. The van der Waals surface area contributed by atoms with Gasteiger partial charge in [0.05, 0.1) is 31.4 Å². The number of carbonyl (C=O) groups is 1. The number of nitrogens with zero attached hydrogens (tertiary/aromatic N) is 2. The fourth-order valence-corrected chi connectivity index (χ4v) is 3.96. The lowest BCUT2D eigenvalue weighted by atomic mass is 9.90. The predicted octanol–water partition coefficient (Wildman–Crippen LogP) is 3.69. The summed E-state index contributed by atoms with van der Waals surface area (Å²) in [5, 5.41) is 1.04. The molecule has 1 aliphatic heterocycles. The second-order valence-corrected chi connectivity index (χ2v) is 7.05.